The number of fused-ring (bicyclic) bond motifs is 1. The van der Waals surface area contributed by atoms with E-state index >= 15 is 0 Å². The zero-order valence-electron chi connectivity index (χ0n) is 11.6. The molecule has 0 aliphatic carbocycles. The normalized spacial score (nSPS) is 14.6. The second kappa shape index (κ2) is 5.05. The van der Waals surface area contributed by atoms with Crippen LogP contribution >= 0.6 is 0 Å². The first-order valence-electron chi connectivity index (χ1n) is 6.47. The van der Waals surface area contributed by atoms with E-state index in [2.05, 4.69) is 5.32 Å². The zero-order valence-corrected chi connectivity index (χ0v) is 11.6. The van der Waals surface area contributed by atoms with Crippen LogP contribution in [0.25, 0.3) is 11.0 Å². The number of furan rings is 1. The first-order chi connectivity index (χ1) is 8.96. The summed E-state index contributed by atoms with van der Waals surface area (Å²) in [6.07, 6.45) is 0. The number of rotatable bonds is 4. The molecule has 0 spiro atoms. The van der Waals surface area contributed by atoms with Crippen LogP contribution in [0.3, 0.4) is 0 Å². The van der Waals surface area contributed by atoms with Crippen LogP contribution in [0.15, 0.2) is 34.7 Å². The van der Waals surface area contributed by atoms with Gasteiger partial charge in [0.25, 0.3) is 5.91 Å². The van der Waals surface area contributed by atoms with Gasteiger partial charge >= 0.3 is 0 Å². The largest absolute Gasteiger partial charge is 0.451 e. The molecule has 19 heavy (non-hydrogen) atoms. The Labute approximate surface area is 113 Å². The number of nitrogens with two attached hydrogens (primary N) is 1. The first kappa shape index (κ1) is 13.6. The Morgan fingerprint density at radius 2 is 2.11 bits per heavy atom. The standard InChI is InChI=1S/C15H20N2O2/c1-10(2)15(3,9-16)17-14(18)13-8-11-6-4-5-7-12(11)19-13/h4-8,10H,9,16H2,1-3H3,(H,17,18). The Kier molecular flexibility index (Phi) is 3.62. The SMILES string of the molecule is CC(C)C(C)(CN)NC(=O)c1cc2ccccc2o1. The van der Waals surface area contributed by atoms with Crippen molar-refractivity contribution >= 4 is 16.9 Å². The van der Waals surface area contributed by atoms with E-state index in [-0.39, 0.29) is 11.8 Å². The molecule has 4 nitrogen and oxygen atoms in total. The minimum Gasteiger partial charge on any atom is -0.451 e. The number of carbonyl (C=O) groups excluding carboxylic acids is 1. The number of para-hydroxylation sites is 1. The molecule has 1 unspecified atom stereocenters. The first-order valence-corrected chi connectivity index (χ1v) is 6.47. The molecule has 2 aromatic rings. The quantitative estimate of drug-likeness (QED) is 0.887. The monoisotopic (exact) mass is 260 g/mol. The van der Waals surface area contributed by atoms with Gasteiger partial charge in [0.1, 0.15) is 5.58 Å². The van der Waals surface area contributed by atoms with E-state index in [1.807, 2.05) is 45.0 Å². The lowest BCUT2D eigenvalue weighted by Gasteiger charge is -2.33. The molecule has 0 bridgehead atoms. The summed E-state index contributed by atoms with van der Waals surface area (Å²) in [4.78, 5) is 12.2. The van der Waals surface area contributed by atoms with E-state index in [0.29, 0.717) is 17.9 Å². The minimum atomic E-state index is -0.434. The number of hydrogen-bond acceptors (Lipinski definition) is 3. The van der Waals surface area contributed by atoms with Crippen LogP contribution in [0, 0.1) is 5.92 Å². The molecule has 4 heteroatoms. The second-order valence-electron chi connectivity index (χ2n) is 5.38. The van der Waals surface area contributed by atoms with Crippen molar-refractivity contribution in [2.24, 2.45) is 11.7 Å². The van der Waals surface area contributed by atoms with Gasteiger partial charge in [-0.2, -0.15) is 0 Å². The highest BCUT2D eigenvalue weighted by Crippen LogP contribution is 2.20. The third-order valence-corrected chi connectivity index (χ3v) is 3.75. The molecular formula is C15H20N2O2. The van der Waals surface area contributed by atoms with Crippen molar-refractivity contribution in [3.8, 4) is 0 Å². The number of amides is 1. The van der Waals surface area contributed by atoms with Crippen molar-refractivity contribution in [1.29, 1.82) is 0 Å². The van der Waals surface area contributed by atoms with E-state index in [4.69, 9.17) is 10.2 Å². The molecule has 0 aliphatic heterocycles. The van der Waals surface area contributed by atoms with Gasteiger partial charge in [0.15, 0.2) is 5.76 Å². The average molecular weight is 260 g/mol. The van der Waals surface area contributed by atoms with E-state index in [0.717, 1.165) is 5.39 Å². The molecule has 1 atom stereocenters. The van der Waals surface area contributed by atoms with Crippen LogP contribution in [0.2, 0.25) is 0 Å². The van der Waals surface area contributed by atoms with Crippen molar-refractivity contribution < 1.29 is 9.21 Å². The van der Waals surface area contributed by atoms with Crippen LogP contribution in [0.4, 0.5) is 0 Å². The van der Waals surface area contributed by atoms with Crippen LogP contribution in [0.5, 0.6) is 0 Å². The van der Waals surface area contributed by atoms with Gasteiger partial charge in [-0.25, -0.2) is 0 Å². The maximum absolute atomic E-state index is 12.2. The molecule has 0 aliphatic rings. The summed E-state index contributed by atoms with van der Waals surface area (Å²) in [6.45, 7) is 6.40. The average Bonchev–Trinajstić information content (AvgIpc) is 2.82. The number of nitrogens with one attached hydrogen (secondary N) is 1. The van der Waals surface area contributed by atoms with Gasteiger partial charge in [-0.3, -0.25) is 4.79 Å². The highest BCUT2D eigenvalue weighted by molar-refractivity contribution is 5.96. The fraction of sp³-hybridized carbons (Fsp3) is 0.400. The highest BCUT2D eigenvalue weighted by atomic mass is 16.3. The van der Waals surface area contributed by atoms with E-state index < -0.39 is 5.54 Å². The lowest BCUT2D eigenvalue weighted by molar-refractivity contribution is 0.0856. The smallest absolute Gasteiger partial charge is 0.287 e. The Morgan fingerprint density at radius 3 is 2.68 bits per heavy atom. The van der Waals surface area contributed by atoms with Gasteiger partial charge in [-0.05, 0) is 25.0 Å². The fourth-order valence-corrected chi connectivity index (χ4v) is 1.85. The second-order valence-corrected chi connectivity index (χ2v) is 5.38. The predicted octanol–water partition coefficient (Wildman–Crippen LogP) is 2.54. The maximum Gasteiger partial charge on any atom is 0.287 e. The molecule has 1 heterocycles. The molecule has 0 saturated heterocycles. The molecular weight excluding hydrogens is 240 g/mol. The molecule has 0 radical (unpaired) electrons. The van der Waals surface area contributed by atoms with Crippen molar-refractivity contribution in [1.82, 2.24) is 5.32 Å². The number of hydrogen-bond donors (Lipinski definition) is 2. The van der Waals surface area contributed by atoms with Gasteiger partial charge in [0, 0.05) is 11.9 Å². The Bertz CT molecular complexity index is 556. The van der Waals surface area contributed by atoms with Crippen molar-refractivity contribution in [3.05, 3.63) is 36.1 Å². The Hall–Kier alpha value is -1.81. The van der Waals surface area contributed by atoms with Gasteiger partial charge in [-0.1, -0.05) is 32.0 Å². The molecule has 1 aromatic carbocycles. The highest BCUT2D eigenvalue weighted by Gasteiger charge is 2.29. The van der Waals surface area contributed by atoms with Crippen LogP contribution in [0.1, 0.15) is 31.3 Å². The van der Waals surface area contributed by atoms with Crippen LogP contribution in [-0.4, -0.2) is 18.0 Å². The summed E-state index contributed by atoms with van der Waals surface area (Å²) in [6, 6.07) is 9.31. The lowest BCUT2D eigenvalue weighted by Crippen LogP contribution is -2.54. The molecule has 102 valence electrons. The van der Waals surface area contributed by atoms with E-state index in [1.165, 1.54) is 0 Å². The molecule has 1 aromatic heterocycles. The van der Waals surface area contributed by atoms with Crippen LogP contribution < -0.4 is 11.1 Å². The fourth-order valence-electron chi connectivity index (χ4n) is 1.85. The summed E-state index contributed by atoms with van der Waals surface area (Å²) >= 11 is 0. The third-order valence-electron chi connectivity index (χ3n) is 3.75. The lowest BCUT2D eigenvalue weighted by atomic mass is 9.88. The molecule has 2 rings (SSSR count). The molecule has 0 fully saturated rings. The predicted molar refractivity (Wildman–Crippen MR) is 76.0 cm³/mol. The molecule has 1 amide bonds. The van der Waals surface area contributed by atoms with E-state index in [9.17, 15) is 4.79 Å². The summed E-state index contributed by atoms with van der Waals surface area (Å²) in [5.74, 6) is 0.338. The summed E-state index contributed by atoms with van der Waals surface area (Å²) < 4.78 is 5.55. The number of carbonyl (C=O) groups is 1. The van der Waals surface area contributed by atoms with E-state index in [1.54, 1.807) is 6.07 Å². The van der Waals surface area contributed by atoms with Crippen molar-refractivity contribution in [2.75, 3.05) is 6.54 Å². The Balaban J connectivity index is 2.24. The third kappa shape index (κ3) is 2.63. The van der Waals surface area contributed by atoms with Crippen molar-refractivity contribution in [3.63, 3.8) is 0 Å². The summed E-state index contributed by atoms with van der Waals surface area (Å²) in [5.41, 5.74) is 6.04. The van der Waals surface area contributed by atoms with Gasteiger partial charge in [0.2, 0.25) is 0 Å². The van der Waals surface area contributed by atoms with Crippen molar-refractivity contribution in [2.45, 2.75) is 26.3 Å². The molecule has 3 N–H and O–H groups in total. The molecule has 0 saturated carbocycles. The summed E-state index contributed by atoms with van der Waals surface area (Å²) in [5, 5.41) is 3.88. The summed E-state index contributed by atoms with van der Waals surface area (Å²) in [7, 11) is 0. The van der Waals surface area contributed by atoms with Crippen LogP contribution in [-0.2, 0) is 0 Å². The topological polar surface area (TPSA) is 68.3 Å². The van der Waals surface area contributed by atoms with Gasteiger partial charge in [-0.15, -0.1) is 0 Å². The maximum atomic E-state index is 12.2. The Morgan fingerprint density at radius 1 is 1.42 bits per heavy atom. The number of benzene rings is 1. The van der Waals surface area contributed by atoms with Gasteiger partial charge in [0.05, 0.1) is 5.54 Å². The minimum absolute atomic E-state index is 0.224. The zero-order chi connectivity index (χ0) is 14.0. The van der Waals surface area contributed by atoms with Gasteiger partial charge < -0.3 is 15.5 Å².